The number of rotatable bonds is 10. The second-order valence-electron chi connectivity index (χ2n) is 12.8. The van der Waals surface area contributed by atoms with Gasteiger partial charge in [0.25, 0.3) is 0 Å². The van der Waals surface area contributed by atoms with E-state index in [2.05, 4.69) is 116 Å². The van der Waals surface area contributed by atoms with Crippen molar-refractivity contribution in [2.75, 3.05) is 12.3 Å². The smallest absolute Gasteiger partial charge is 1.00 e. The molecule has 0 spiro atoms. The summed E-state index contributed by atoms with van der Waals surface area (Å²) in [7, 11) is -0.308. The minimum Gasteiger partial charge on any atom is -1.00 e. The van der Waals surface area contributed by atoms with Gasteiger partial charge in [-0.1, -0.05) is 0 Å². The van der Waals surface area contributed by atoms with Gasteiger partial charge in [0.15, 0.2) is 0 Å². The third kappa shape index (κ3) is 8.21. The molecule has 0 saturated heterocycles. The molecule has 0 aromatic heterocycles. The summed E-state index contributed by atoms with van der Waals surface area (Å²) in [5.41, 5.74) is 6.37. The molecular formula is C34H48Cl2P2Zr. The van der Waals surface area contributed by atoms with Crippen molar-refractivity contribution in [2.45, 2.75) is 98.6 Å². The molecule has 39 heavy (non-hydrogen) atoms. The van der Waals surface area contributed by atoms with Crippen molar-refractivity contribution in [1.82, 2.24) is 0 Å². The number of fused-ring (bicyclic) bond motifs is 2. The molecule has 2 aromatic rings. The fourth-order valence-corrected chi connectivity index (χ4v) is 21.1. The first-order chi connectivity index (χ1) is 17.6. The summed E-state index contributed by atoms with van der Waals surface area (Å²) in [6.45, 7) is 19.7. The molecule has 2 aliphatic carbocycles. The average molecular weight is 681 g/mol. The minimum atomic E-state index is -0.888. The van der Waals surface area contributed by atoms with Gasteiger partial charge in [-0.05, 0) is 0 Å². The van der Waals surface area contributed by atoms with Crippen molar-refractivity contribution in [2.24, 2.45) is 0 Å². The molecule has 0 heterocycles. The molecule has 0 radical (unpaired) electrons. The first-order valence-corrected chi connectivity index (χ1v) is 20.4. The molecule has 0 nitrogen and oxygen atoms in total. The molecule has 0 saturated carbocycles. The van der Waals surface area contributed by atoms with Gasteiger partial charge < -0.3 is 24.8 Å². The Bertz CT molecular complexity index is 1120. The molecule has 2 aromatic carbocycles. The summed E-state index contributed by atoms with van der Waals surface area (Å²) in [5.74, 6) is 0. The van der Waals surface area contributed by atoms with Crippen LogP contribution in [0.4, 0.5) is 0 Å². The van der Waals surface area contributed by atoms with E-state index in [1.807, 2.05) is 10.6 Å². The van der Waals surface area contributed by atoms with Crippen molar-refractivity contribution in [3.63, 3.8) is 0 Å². The minimum absolute atomic E-state index is 0. The molecule has 2 atom stereocenters. The maximum atomic E-state index is 2.68. The maximum absolute atomic E-state index is 2.68. The monoisotopic (exact) mass is 678 g/mol. The third-order valence-corrected chi connectivity index (χ3v) is 20.0. The molecule has 0 amide bonds. The van der Waals surface area contributed by atoms with Crippen molar-refractivity contribution in [1.29, 1.82) is 0 Å². The zero-order valence-corrected chi connectivity index (χ0v) is 31.1. The first-order valence-electron chi connectivity index (χ1n) is 14.5. The van der Waals surface area contributed by atoms with Gasteiger partial charge in [-0.25, -0.2) is 0 Å². The molecule has 0 N–H and O–H groups in total. The van der Waals surface area contributed by atoms with Crippen LogP contribution in [-0.2, 0) is 23.2 Å². The second kappa shape index (κ2) is 15.1. The fourth-order valence-electron chi connectivity index (χ4n) is 6.45. The predicted molar refractivity (Wildman–Crippen MR) is 167 cm³/mol. The summed E-state index contributed by atoms with van der Waals surface area (Å²) in [6, 6.07) is 18.9. The van der Waals surface area contributed by atoms with E-state index >= 15 is 0 Å². The van der Waals surface area contributed by atoms with Crippen LogP contribution in [0.25, 0.3) is 12.2 Å². The van der Waals surface area contributed by atoms with E-state index in [9.17, 15) is 0 Å². The SMILES string of the molecule is CCCCP(CCCC)C1=Cc2ccccc2[CH]1[Zr+2][CH]1C(P(C(C)(C)C)C(C)(C)C)=Cc2ccccc21.[Cl-].[Cl-]. The summed E-state index contributed by atoms with van der Waals surface area (Å²) in [4.78, 5) is 0. The van der Waals surface area contributed by atoms with E-state index in [1.54, 1.807) is 11.1 Å². The number of allylic oxidation sites excluding steroid dienone is 2. The Hall–Kier alpha value is 0.243. The van der Waals surface area contributed by atoms with Crippen molar-refractivity contribution in [3.05, 3.63) is 81.4 Å². The van der Waals surface area contributed by atoms with E-state index in [4.69, 9.17) is 0 Å². The Balaban J connectivity index is 0.00000267. The van der Waals surface area contributed by atoms with Gasteiger partial charge in [0.2, 0.25) is 0 Å². The predicted octanol–water partition coefficient (Wildman–Crippen LogP) is 5.43. The Kier molecular flexibility index (Phi) is 13.7. The zero-order valence-electron chi connectivity index (χ0n) is 25.3. The van der Waals surface area contributed by atoms with Crippen molar-refractivity contribution >= 4 is 28.0 Å². The first kappa shape index (κ1) is 35.4. The van der Waals surface area contributed by atoms with Crippen molar-refractivity contribution in [3.8, 4) is 0 Å². The number of unbranched alkanes of at least 4 members (excludes halogenated alkanes) is 2. The quantitative estimate of drug-likeness (QED) is 0.294. The molecule has 5 heteroatoms. The van der Waals surface area contributed by atoms with Crippen LogP contribution in [0.2, 0.25) is 0 Å². The van der Waals surface area contributed by atoms with Crippen LogP contribution in [0.5, 0.6) is 0 Å². The summed E-state index contributed by atoms with van der Waals surface area (Å²) < 4.78 is 1.43. The van der Waals surface area contributed by atoms with E-state index < -0.39 is 23.2 Å². The largest absolute Gasteiger partial charge is 1.00 e. The van der Waals surface area contributed by atoms with E-state index in [0.717, 1.165) is 3.63 Å². The maximum Gasteiger partial charge on any atom is -1.00 e. The van der Waals surface area contributed by atoms with E-state index in [0.29, 0.717) is 13.9 Å². The van der Waals surface area contributed by atoms with E-state index in [1.165, 1.54) is 49.1 Å². The fraction of sp³-hybridized carbons (Fsp3) is 0.529. The molecular weight excluding hydrogens is 632 g/mol. The Labute approximate surface area is 266 Å². The van der Waals surface area contributed by atoms with Gasteiger partial charge in [0.1, 0.15) is 0 Å². The van der Waals surface area contributed by atoms with Crippen LogP contribution in [0.1, 0.15) is 111 Å². The summed E-state index contributed by atoms with van der Waals surface area (Å²) in [5, 5.41) is 4.31. The number of hydrogen-bond acceptors (Lipinski definition) is 0. The van der Waals surface area contributed by atoms with Gasteiger partial charge in [-0.3, -0.25) is 0 Å². The molecule has 0 fully saturated rings. The van der Waals surface area contributed by atoms with Crippen LogP contribution in [0.15, 0.2) is 59.2 Å². The van der Waals surface area contributed by atoms with Crippen molar-refractivity contribution < 1.29 is 48.0 Å². The van der Waals surface area contributed by atoms with Crippen LogP contribution in [0.3, 0.4) is 0 Å². The number of benzene rings is 2. The molecule has 212 valence electrons. The van der Waals surface area contributed by atoms with Crippen LogP contribution >= 0.6 is 15.8 Å². The standard InChI is InChI=1S/2C17H24P.2ClH.Zr/c1-16(2,3)18(17(4,5)6)15-11-13-9-7-8-10-14(13)12-15;1-3-5-11-18(12-6-4-2)17-13-15-9-7-8-10-16(15)14-17;;;/h7-12H,1-6H3;7-10,13-14H,3-6,11-12H2,1-2H3;2*1H;/q;;;;+2/p-2. The average Bonchev–Trinajstić information content (AvgIpc) is 3.36. The van der Waals surface area contributed by atoms with E-state index in [-0.39, 0.29) is 40.7 Å². The van der Waals surface area contributed by atoms with Gasteiger partial charge in [0.05, 0.1) is 0 Å². The van der Waals surface area contributed by atoms with Gasteiger partial charge >= 0.3 is 244 Å². The topological polar surface area (TPSA) is 0 Å². The number of halogens is 2. The van der Waals surface area contributed by atoms with Gasteiger partial charge in [-0.15, -0.1) is 0 Å². The third-order valence-electron chi connectivity index (χ3n) is 7.67. The Morgan fingerprint density at radius 3 is 1.49 bits per heavy atom. The summed E-state index contributed by atoms with van der Waals surface area (Å²) in [6.07, 6.45) is 13.6. The zero-order chi connectivity index (χ0) is 26.8. The van der Waals surface area contributed by atoms with Gasteiger partial charge in [-0.2, -0.15) is 0 Å². The Morgan fingerprint density at radius 1 is 0.641 bits per heavy atom. The molecule has 0 aliphatic heterocycles. The summed E-state index contributed by atoms with van der Waals surface area (Å²) >= 11 is -0.888. The normalized spacial score (nSPS) is 18.1. The molecule has 2 unspecified atom stereocenters. The van der Waals surface area contributed by atoms with Crippen LogP contribution in [-0.4, -0.2) is 22.6 Å². The van der Waals surface area contributed by atoms with Gasteiger partial charge in [0, 0.05) is 0 Å². The van der Waals surface area contributed by atoms with Crippen LogP contribution in [0, 0.1) is 0 Å². The Morgan fingerprint density at radius 2 is 1.05 bits per heavy atom. The number of hydrogen-bond donors (Lipinski definition) is 0. The van der Waals surface area contributed by atoms with Crippen LogP contribution < -0.4 is 24.8 Å². The molecule has 2 aliphatic rings. The second-order valence-corrected chi connectivity index (χ2v) is 22.8. The molecule has 4 rings (SSSR count). The molecule has 0 bridgehead atoms.